The van der Waals surface area contributed by atoms with Gasteiger partial charge in [-0.05, 0) is 46.0 Å². The summed E-state index contributed by atoms with van der Waals surface area (Å²) in [5.41, 5.74) is 0.682. The van der Waals surface area contributed by atoms with Gasteiger partial charge in [0.05, 0.1) is 18.8 Å². The van der Waals surface area contributed by atoms with Crippen LogP contribution < -0.4 is 0 Å². The molecule has 6 N–H and O–H groups in total. The van der Waals surface area contributed by atoms with Crippen molar-refractivity contribution >= 4 is 0 Å². The van der Waals surface area contributed by atoms with Crippen LogP contribution in [0.4, 0.5) is 0 Å². The molecule has 0 aromatic rings. The summed E-state index contributed by atoms with van der Waals surface area (Å²) in [6.45, 7) is 5.11. The third-order valence-electron chi connectivity index (χ3n) is 6.63. The molecule has 0 bridgehead atoms. The normalized spacial score (nSPS) is 44.4. The molecule has 0 saturated carbocycles. The van der Waals surface area contributed by atoms with Gasteiger partial charge < -0.3 is 49.6 Å². The van der Waals surface area contributed by atoms with Gasteiger partial charge in [0.15, 0.2) is 12.6 Å². The minimum atomic E-state index is -1.53. The molecule has 0 amide bonds. The van der Waals surface area contributed by atoms with Gasteiger partial charge in [-0.15, -0.1) is 0 Å². The SMILES string of the molecule is CC1=CCC(C(C)(C)OC2OC(COC3OC(CO)C(O)C3O)C(O)C(O)C2O)CC1. The van der Waals surface area contributed by atoms with Crippen LogP contribution in [-0.2, 0) is 18.9 Å². The number of aliphatic hydroxyl groups is 6. The van der Waals surface area contributed by atoms with Gasteiger partial charge in [-0.3, -0.25) is 0 Å². The average molecular weight is 449 g/mol. The monoisotopic (exact) mass is 448 g/mol. The zero-order chi connectivity index (χ0) is 22.9. The van der Waals surface area contributed by atoms with Crippen LogP contribution in [0, 0.1) is 5.92 Å². The minimum absolute atomic E-state index is 0.199. The summed E-state index contributed by atoms with van der Waals surface area (Å²) in [5.74, 6) is 0.199. The standard InChI is InChI=1S/C21H36O10/c1-10-4-6-11(7-5-10)21(2,3)31-20-18(27)16(25)15(24)13(30-20)9-28-19-17(26)14(23)12(8-22)29-19/h4,11-20,22-27H,5-9H2,1-3H3. The van der Waals surface area contributed by atoms with E-state index in [1.807, 2.05) is 13.8 Å². The fourth-order valence-electron chi connectivity index (χ4n) is 4.34. The first-order chi connectivity index (χ1) is 14.5. The van der Waals surface area contributed by atoms with Crippen molar-refractivity contribution in [1.29, 1.82) is 0 Å². The zero-order valence-electron chi connectivity index (χ0n) is 18.2. The Balaban J connectivity index is 1.61. The van der Waals surface area contributed by atoms with Gasteiger partial charge in [-0.2, -0.15) is 0 Å². The summed E-state index contributed by atoms with van der Waals surface area (Å²) >= 11 is 0. The average Bonchev–Trinajstić information content (AvgIpc) is 3.01. The lowest BCUT2D eigenvalue weighted by molar-refractivity contribution is -0.334. The van der Waals surface area contributed by atoms with E-state index in [9.17, 15) is 25.5 Å². The summed E-state index contributed by atoms with van der Waals surface area (Å²) in [4.78, 5) is 0. The molecule has 2 saturated heterocycles. The van der Waals surface area contributed by atoms with Gasteiger partial charge in [0.25, 0.3) is 0 Å². The maximum Gasteiger partial charge on any atom is 0.187 e. The Morgan fingerprint density at radius 1 is 0.935 bits per heavy atom. The van der Waals surface area contributed by atoms with E-state index in [0.29, 0.717) is 0 Å². The quantitative estimate of drug-likeness (QED) is 0.261. The highest BCUT2D eigenvalue weighted by molar-refractivity contribution is 5.05. The molecule has 2 heterocycles. The van der Waals surface area contributed by atoms with Gasteiger partial charge in [-0.1, -0.05) is 11.6 Å². The van der Waals surface area contributed by atoms with Crippen molar-refractivity contribution < 1.29 is 49.6 Å². The van der Waals surface area contributed by atoms with E-state index >= 15 is 0 Å². The Bertz CT molecular complexity index is 625. The summed E-state index contributed by atoms with van der Waals surface area (Å²) in [6.07, 6.45) is -6.74. The molecule has 0 aromatic heterocycles. The van der Waals surface area contributed by atoms with E-state index in [-0.39, 0.29) is 12.5 Å². The molecular formula is C21H36O10. The molecule has 1 aliphatic carbocycles. The van der Waals surface area contributed by atoms with Gasteiger partial charge in [0, 0.05) is 0 Å². The number of aliphatic hydroxyl groups excluding tert-OH is 6. The van der Waals surface area contributed by atoms with Crippen LogP contribution in [0.3, 0.4) is 0 Å². The molecule has 10 atom stereocenters. The summed E-state index contributed by atoms with van der Waals surface area (Å²) < 4.78 is 22.5. The van der Waals surface area contributed by atoms with Gasteiger partial charge in [0.1, 0.15) is 42.7 Å². The Hall–Kier alpha value is -0.660. The second-order valence-electron chi connectivity index (χ2n) is 9.30. The lowest BCUT2D eigenvalue weighted by Crippen LogP contribution is -2.61. The lowest BCUT2D eigenvalue weighted by atomic mass is 9.79. The lowest BCUT2D eigenvalue weighted by Gasteiger charge is -2.45. The molecular weight excluding hydrogens is 412 g/mol. The highest BCUT2D eigenvalue weighted by atomic mass is 16.7. The molecule has 0 aromatic carbocycles. The van der Waals surface area contributed by atoms with Crippen LogP contribution in [0.5, 0.6) is 0 Å². The second kappa shape index (κ2) is 10.1. The molecule has 2 fully saturated rings. The van der Waals surface area contributed by atoms with E-state index < -0.39 is 67.5 Å². The number of rotatable bonds is 7. The van der Waals surface area contributed by atoms with Gasteiger partial charge in [0.2, 0.25) is 0 Å². The van der Waals surface area contributed by atoms with Gasteiger partial charge in [-0.25, -0.2) is 0 Å². The maximum atomic E-state index is 10.4. The number of hydrogen-bond donors (Lipinski definition) is 6. The molecule has 31 heavy (non-hydrogen) atoms. The van der Waals surface area contributed by atoms with Crippen molar-refractivity contribution in [3.63, 3.8) is 0 Å². The number of allylic oxidation sites excluding steroid dienone is 2. The van der Waals surface area contributed by atoms with Crippen molar-refractivity contribution in [1.82, 2.24) is 0 Å². The number of hydrogen-bond acceptors (Lipinski definition) is 10. The van der Waals surface area contributed by atoms with Crippen molar-refractivity contribution in [3.05, 3.63) is 11.6 Å². The molecule has 10 unspecified atom stereocenters. The van der Waals surface area contributed by atoms with Crippen molar-refractivity contribution in [2.24, 2.45) is 5.92 Å². The van der Waals surface area contributed by atoms with Crippen LogP contribution in [0.25, 0.3) is 0 Å². The van der Waals surface area contributed by atoms with Crippen LogP contribution in [0.2, 0.25) is 0 Å². The Morgan fingerprint density at radius 3 is 2.13 bits per heavy atom. The Morgan fingerprint density at radius 2 is 1.55 bits per heavy atom. The van der Waals surface area contributed by atoms with Crippen molar-refractivity contribution in [3.8, 4) is 0 Å². The van der Waals surface area contributed by atoms with Crippen molar-refractivity contribution in [2.45, 2.75) is 101 Å². The molecule has 180 valence electrons. The third kappa shape index (κ3) is 5.47. The van der Waals surface area contributed by atoms with Crippen LogP contribution in [0.1, 0.15) is 40.0 Å². The topological polar surface area (TPSA) is 158 Å². The van der Waals surface area contributed by atoms with Crippen LogP contribution in [0.15, 0.2) is 11.6 Å². The largest absolute Gasteiger partial charge is 0.394 e. The maximum absolute atomic E-state index is 10.4. The first kappa shape index (κ1) is 25.0. The molecule has 10 nitrogen and oxygen atoms in total. The van der Waals surface area contributed by atoms with Gasteiger partial charge >= 0.3 is 0 Å². The molecule has 3 rings (SSSR count). The summed E-state index contributed by atoms with van der Waals surface area (Å²) in [5, 5.41) is 60.0. The van der Waals surface area contributed by atoms with Crippen LogP contribution >= 0.6 is 0 Å². The Labute approximate surface area is 182 Å². The van der Waals surface area contributed by atoms with E-state index in [1.54, 1.807) is 0 Å². The van der Waals surface area contributed by atoms with E-state index in [1.165, 1.54) is 5.57 Å². The molecule has 3 aliphatic rings. The molecule has 0 spiro atoms. The molecule has 0 radical (unpaired) electrons. The first-order valence-corrected chi connectivity index (χ1v) is 10.8. The fraction of sp³-hybridized carbons (Fsp3) is 0.905. The van der Waals surface area contributed by atoms with E-state index in [2.05, 4.69) is 13.0 Å². The highest BCUT2D eigenvalue weighted by Crippen LogP contribution is 2.37. The fourth-order valence-corrected chi connectivity index (χ4v) is 4.34. The smallest absolute Gasteiger partial charge is 0.187 e. The summed E-state index contributed by atoms with van der Waals surface area (Å²) in [7, 11) is 0. The molecule has 2 aliphatic heterocycles. The Kier molecular flexibility index (Phi) is 8.12. The van der Waals surface area contributed by atoms with E-state index in [0.717, 1.165) is 19.3 Å². The minimum Gasteiger partial charge on any atom is -0.394 e. The highest BCUT2D eigenvalue weighted by Gasteiger charge is 2.49. The predicted molar refractivity (Wildman–Crippen MR) is 107 cm³/mol. The summed E-state index contributed by atoms with van der Waals surface area (Å²) in [6, 6.07) is 0. The third-order valence-corrected chi connectivity index (χ3v) is 6.63. The predicted octanol–water partition coefficient (Wildman–Crippen LogP) is -1.21. The first-order valence-electron chi connectivity index (χ1n) is 10.8. The number of ether oxygens (including phenoxy) is 4. The zero-order valence-corrected chi connectivity index (χ0v) is 18.2. The molecule has 10 heteroatoms. The van der Waals surface area contributed by atoms with E-state index in [4.69, 9.17) is 24.1 Å². The van der Waals surface area contributed by atoms with Crippen LogP contribution in [-0.4, -0.2) is 105 Å². The van der Waals surface area contributed by atoms with Crippen molar-refractivity contribution in [2.75, 3.05) is 13.2 Å². The second-order valence-corrected chi connectivity index (χ2v) is 9.30.